The molecule has 2 heterocycles. The van der Waals surface area contributed by atoms with E-state index in [9.17, 15) is 18.0 Å². The van der Waals surface area contributed by atoms with Crippen molar-refractivity contribution < 1.29 is 27.8 Å². The number of ether oxygens (including phenoxy) is 1. The second-order valence-corrected chi connectivity index (χ2v) is 6.68. The number of halogens is 4. The normalized spacial score (nSPS) is 21.2. The molecular formula is C16H17ClF3N3O3. The molecule has 0 aromatic carbocycles. The van der Waals surface area contributed by atoms with Crippen LogP contribution in [-0.4, -0.2) is 35.1 Å². The maximum Gasteiger partial charge on any atom is 0.394 e. The molecule has 1 atom stereocenters. The number of pyridine rings is 1. The van der Waals surface area contributed by atoms with Crippen molar-refractivity contribution >= 4 is 23.4 Å². The molecule has 142 valence electrons. The number of carboxylic acids is 1. The van der Waals surface area contributed by atoms with E-state index in [1.165, 1.54) is 17.1 Å². The molecule has 0 saturated heterocycles. The molecule has 1 aromatic rings. The van der Waals surface area contributed by atoms with Gasteiger partial charge in [-0.2, -0.15) is 18.6 Å². The maximum atomic E-state index is 12.8. The van der Waals surface area contributed by atoms with Crippen molar-refractivity contribution in [3.05, 3.63) is 35.1 Å². The third-order valence-corrected chi connectivity index (χ3v) is 4.83. The minimum Gasteiger partial charge on any atom is -0.478 e. The zero-order valence-electron chi connectivity index (χ0n) is 13.6. The van der Waals surface area contributed by atoms with Crippen molar-refractivity contribution in [2.45, 2.75) is 38.1 Å². The number of alkyl halides is 3. The standard InChI is InChI=1S/C16H17ClF3N3O3/c17-13-10(14(24)25)2-3-11(21-13)23-8-4-12(22-23)26-9-1-5-15(6-7-15)16(18,19)20/h2-4,8,12,22H,1,5-7,9H2,(H,24,25). The van der Waals surface area contributed by atoms with Crippen LogP contribution in [0.4, 0.5) is 19.0 Å². The van der Waals surface area contributed by atoms with Crippen LogP contribution in [0.15, 0.2) is 24.4 Å². The van der Waals surface area contributed by atoms with E-state index >= 15 is 0 Å². The van der Waals surface area contributed by atoms with Crippen LogP contribution in [-0.2, 0) is 4.74 Å². The smallest absolute Gasteiger partial charge is 0.394 e. The van der Waals surface area contributed by atoms with E-state index in [-0.39, 0.29) is 36.6 Å². The topological polar surface area (TPSA) is 74.7 Å². The van der Waals surface area contributed by atoms with E-state index in [0.29, 0.717) is 12.2 Å². The highest BCUT2D eigenvalue weighted by Gasteiger charge is 2.62. The Morgan fingerprint density at radius 2 is 2.19 bits per heavy atom. The molecule has 2 aliphatic rings. The van der Waals surface area contributed by atoms with E-state index < -0.39 is 23.8 Å². The van der Waals surface area contributed by atoms with E-state index in [2.05, 4.69) is 10.4 Å². The minimum atomic E-state index is -4.14. The van der Waals surface area contributed by atoms with Gasteiger partial charge in [0.05, 0.1) is 11.0 Å². The average molecular weight is 392 g/mol. The number of hydrogen-bond donors (Lipinski definition) is 2. The molecule has 0 amide bonds. The lowest BCUT2D eigenvalue weighted by Crippen LogP contribution is -2.37. The second kappa shape index (κ2) is 7.05. The van der Waals surface area contributed by atoms with Gasteiger partial charge in [-0.25, -0.2) is 9.78 Å². The molecule has 1 aromatic heterocycles. The highest BCUT2D eigenvalue weighted by molar-refractivity contribution is 6.32. The molecule has 1 aliphatic heterocycles. The first-order valence-corrected chi connectivity index (χ1v) is 8.42. The van der Waals surface area contributed by atoms with Crippen LogP contribution in [0.25, 0.3) is 0 Å². The monoisotopic (exact) mass is 391 g/mol. The Morgan fingerprint density at radius 1 is 1.46 bits per heavy atom. The number of rotatable bonds is 7. The number of nitrogens with one attached hydrogen (secondary N) is 1. The fraction of sp³-hybridized carbons (Fsp3) is 0.500. The number of carboxylic acid groups (broad SMARTS) is 1. The van der Waals surface area contributed by atoms with E-state index in [1.807, 2.05) is 0 Å². The predicted molar refractivity (Wildman–Crippen MR) is 87.7 cm³/mol. The van der Waals surface area contributed by atoms with Gasteiger partial charge in [-0.05, 0) is 43.9 Å². The highest BCUT2D eigenvalue weighted by Crippen LogP contribution is 2.60. The van der Waals surface area contributed by atoms with Crippen LogP contribution in [0.5, 0.6) is 0 Å². The van der Waals surface area contributed by atoms with Gasteiger partial charge in [-0.15, -0.1) is 0 Å². The van der Waals surface area contributed by atoms with E-state index in [4.69, 9.17) is 21.4 Å². The zero-order chi connectivity index (χ0) is 18.9. The van der Waals surface area contributed by atoms with Crippen molar-refractivity contribution in [1.29, 1.82) is 0 Å². The molecule has 2 N–H and O–H groups in total. The average Bonchev–Trinajstić information content (AvgIpc) is 3.22. The summed E-state index contributed by atoms with van der Waals surface area (Å²) >= 11 is 5.83. The van der Waals surface area contributed by atoms with Gasteiger partial charge >= 0.3 is 12.1 Å². The molecule has 1 aliphatic carbocycles. The summed E-state index contributed by atoms with van der Waals surface area (Å²) in [6, 6.07) is 2.82. The summed E-state index contributed by atoms with van der Waals surface area (Å²) in [5, 5.41) is 10.3. The van der Waals surface area contributed by atoms with Crippen LogP contribution < -0.4 is 10.4 Å². The number of aromatic carboxylic acids is 1. The Bertz CT molecular complexity index is 722. The molecule has 0 radical (unpaired) electrons. The first-order valence-electron chi connectivity index (χ1n) is 8.04. The van der Waals surface area contributed by atoms with Gasteiger partial charge in [0, 0.05) is 12.8 Å². The van der Waals surface area contributed by atoms with E-state index in [0.717, 1.165) is 0 Å². The number of hydrazine groups is 1. The molecule has 26 heavy (non-hydrogen) atoms. The molecule has 1 unspecified atom stereocenters. The molecule has 1 fully saturated rings. The van der Waals surface area contributed by atoms with Crippen molar-refractivity contribution in [2.24, 2.45) is 5.41 Å². The van der Waals surface area contributed by atoms with Gasteiger partial charge in [0.2, 0.25) is 0 Å². The molecule has 0 spiro atoms. The first kappa shape index (κ1) is 18.9. The number of nitrogens with zero attached hydrogens (tertiary/aromatic N) is 2. The Hall–Kier alpha value is -1.84. The van der Waals surface area contributed by atoms with Crippen LogP contribution in [0.3, 0.4) is 0 Å². The molecule has 10 heteroatoms. The SMILES string of the molecule is O=C(O)c1ccc(N2C=CC(OCCCC3(C(F)(F)F)CC3)N2)nc1Cl. The largest absolute Gasteiger partial charge is 0.478 e. The van der Waals surface area contributed by atoms with Gasteiger partial charge in [-0.1, -0.05) is 11.6 Å². The summed E-state index contributed by atoms with van der Waals surface area (Å²) in [6.07, 6.45) is -0.541. The summed E-state index contributed by atoms with van der Waals surface area (Å²) in [4.78, 5) is 14.9. The van der Waals surface area contributed by atoms with Gasteiger partial charge < -0.3 is 9.84 Å². The predicted octanol–water partition coefficient (Wildman–Crippen LogP) is 3.74. The lowest BCUT2D eigenvalue weighted by Gasteiger charge is -2.21. The van der Waals surface area contributed by atoms with Crippen LogP contribution in [0.2, 0.25) is 5.15 Å². The minimum absolute atomic E-state index is 0.0739. The molecule has 1 saturated carbocycles. The fourth-order valence-corrected chi connectivity index (χ4v) is 3.02. The van der Waals surface area contributed by atoms with Crippen LogP contribution in [0.1, 0.15) is 36.0 Å². The summed E-state index contributed by atoms with van der Waals surface area (Å²) in [7, 11) is 0. The molecule has 0 bridgehead atoms. The van der Waals surface area contributed by atoms with Crippen LogP contribution >= 0.6 is 11.6 Å². The van der Waals surface area contributed by atoms with Gasteiger partial charge in [0.25, 0.3) is 0 Å². The van der Waals surface area contributed by atoms with Gasteiger partial charge in [0.15, 0.2) is 0 Å². The maximum absolute atomic E-state index is 12.8. The quantitative estimate of drug-likeness (QED) is 0.545. The van der Waals surface area contributed by atoms with Crippen molar-refractivity contribution in [3.8, 4) is 0 Å². The van der Waals surface area contributed by atoms with Gasteiger partial charge in [-0.3, -0.25) is 5.01 Å². The number of anilines is 1. The lowest BCUT2D eigenvalue weighted by atomic mass is 10.00. The summed E-state index contributed by atoms with van der Waals surface area (Å²) in [6.45, 7) is 0.194. The Labute approximate surface area is 152 Å². The first-order chi connectivity index (χ1) is 12.2. The second-order valence-electron chi connectivity index (χ2n) is 6.33. The van der Waals surface area contributed by atoms with Crippen molar-refractivity contribution in [3.63, 3.8) is 0 Å². The lowest BCUT2D eigenvalue weighted by molar-refractivity contribution is -0.189. The highest BCUT2D eigenvalue weighted by atomic mass is 35.5. The number of aromatic nitrogens is 1. The zero-order valence-corrected chi connectivity index (χ0v) is 14.3. The summed E-state index contributed by atoms with van der Waals surface area (Å²) < 4.78 is 44.1. The van der Waals surface area contributed by atoms with Crippen molar-refractivity contribution in [2.75, 3.05) is 11.6 Å². The summed E-state index contributed by atoms with van der Waals surface area (Å²) in [5.74, 6) is -0.802. The molecule has 3 rings (SSSR count). The number of hydrogen-bond acceptors (Lipinski definition) is 5. The van der Waals surface area contributed by atoms with Crippen LogP contribution in [0, 0.1) is 5.41 Å². The Balaban J connectivity index is 1.46. The molecule has 6 nitrogen and oxygen atoms in total. The van der Waals surface area contributed by atoms with E-state index in [1.54, 1.807) is 12.3 Å². The van der Waals surface area contributed by atoms with Gasteiger partial charge in [0.1, 0.15) is 17.2 Å². The van der Waals surface area contributed by atoms with Crippen molar-refractivity contribution in [1.82, 2.24) is 10.4 Å². The summed E-state index contributed by atoms with van der Waals surface area (Å²) in [5.41, 5.74) is 1.32. The number of carbonyl (C=O) groups is 1. The third kappa shape index (κ3) is 3.94. The Morgan fingerprint density at radius 3 is 2.77 bits per heavy atom. The third-order valence-electron chi connectivity index (χ3n) is 4.54. The Kier molecular flexibility index (Phi) is 5.14. The fourth-order valence-electron chi connectivity index (χ4n) is 2.79. The molecular weight excluding hydrogens is 375 g/mol.